The Morgan fingerprint density at radius 3 is 2.45 bits per heavy atom. The van der Waals surface area contributed by atoms with Crippen molar-refractivity contribution in [3.8, 4) is 5.75 Å². The summed E-state index contributed by atoms with van der Waals surface area (Å²) >= 11 is 0. The fourth-order valence-electron chi connectivity index (χ4n) is 1.76. The molecule has 0 aliphatic heterocycles. The second-order valence-electron chi connectivity index (χ2n) is 4.51. The number of hydrogen-bond donors (Lipinski definition) is 1. The number of hydrogen-bond acceptors (Lipinski definition) is 4. The predicted molar refractivity (Wildman–Crippen MR) is 75.9 cm³/mol. The van der Waals surface area contributed by atoms with Crippen molar-refractivity contribution in [2.24, 2.45) is 0 Å². The quantitative estimate of drug-likeness (QED) is 0.688. The summed E-state index contributed by atoms with van der Waals surface area (Å²) in [5.41, 5.74) is 0.769. The van der Waals surface area contributed by atoms with Crippen molar-refractivity contribution >= 4 is 11.9 Å². The van der Waals surface area contributed by atoms with E-state index in [1.165, 1.54) is 19.1 Å². The Hall–Kier alpha value is -2.62. The second kappa shape index (κ2) is 5.57. The summed E-state index contributed by atoms with van der Waals surface area (Å²) in [7, 11) is 0. The van der Waals surface area contributed by atoms with Crippen molar-refractivity contribution in [2.75, 3.05) is 0 Å². The standard InChI is InChI=1S/C16H14O4/c1-10-3-5-12(6-4-10)7-8-13(17)15-14(18)9-11(2)20-16(15)19/h3-9,18H,1-2H3. The Labute approximate surface area is 116 Å². The van der Waals surface area contributed by atoms with Crippen LogP contribution in [0.5, 0.6) is 5.75 Å². The summed E-state index contributed by atoms with van der Waals surface area (Å²) in [5, 5.41) is 9.66. The van der Waals surface area contributed by atoms with Gasteiger partial charge in [-0.25, -0.2) is 4.79 Å². The molecule has 0 amide bonds. The molecule has 0 saturated carbocycles. The maximum Gasteiger partial charge on any atom is 0.351 e. The molecule has 2 rings (SSSR count). The highest BCUT2D eigenvalue weighted by molar-refractivity contribution is 6.08. The number of aryl methyl sites for hydroxylation is 2. The van der Waals surface area contributed by atoms with Crippen LogP contribution in [0.3, 0.4) is 0 Å². The van der Waals surface area contributed by atoms with E-state index in [1.54, 1.807) is 6.08 Å². The molecule has 1 N–H and O–H groups in total. The fourth-order valence-corrected chi connectivity index (χ4v) is 1.76. The zero-order valence-corrected chi connectivity index (χ0v) is 11.2. The third-order valence-corrected chi connectivity index (χ3v) is 2.80. The van der Waals surface area contributed by atoms with Crippen molar-refractivity contribution in [3.05, 3.63) is 69.3 Å². The van der Waals surface area contributed by atoms with E-state index < -0.39 is 11.4 Å². The molecule has 1 aromatic carbocycles. The fraction of sp³-hybridized carbons (Fsp3) is 0.125. The minimum Gasteiger partial charge on any atom is -0.507 e. The predicted octanol–water partition coefficient (Wildman–Crippen LogP) is 2.86. The van der Waals surface area contributed by atoms with E-state index in [2.05, 4.69) is 0 Å². The van der Waals surface area contributed by atoms with E-state index in [4.69, 9.17) is 4.42 Å². The Kier molecular flexibility index (Phi) is 3.84. The SMILES string of the molecule is Cc1ccc(C=CC(=O)c2c(O)cc(C)oc2=O)cc1. The van der Waals surface area contributed by atoms with Gasteiger partial charge in [0, 0.05) is 6.07 Å². The highest BCUT2D eigenvalue weighted by Gasteiger charge is 2.15. The average molecular weight is 270 g/mol. The van der Waals surface area contributed by atoms with Gasteiger partial charge in [0.1, 0.15) is 17.1 Å². The van der Waals surface area contributed by atoms with E-state index in [-0.39, 0.29) is 17.1 Å². The van der Waals surface area contributed by atoms with Crippen LogP contribution in [0.1, 0.15) is 27.2 Å². The highest BCUT2D eigenvalue weighted by atomic mass is 16.4. The molecule has 0 spiro atoms. The molecule has 0 radical (unpaired) electrons. The summed E-state index contributed by atoms with van der Waals surface area (Å²) in [6, 6.07) is 8.80. The first-order valence-corrected chi connectivity index (χ1v) is 6.10. The number of allylic oxidation sites excluding steroid dienone is 1. The van der Waals surface area contributed by atoms with Crippen LogP contribution in [0.25, 0.3) is 6.08 Å². The van der Waals surface area contributed by atoms with Gasteiger partial charge in [0.15, 0.2) is 5.78 Å². The minimum absolute atomic E-state index is 0.256. The first-order valence-electron chi connectivity index (χ1n) is 6.10. The lowest BCUT2D eigenvalue weighted by atomic mass is 10.1. The first kappa shape index (κ1) is 13.8. The summed E-state index contributed by atoms with van der Waals surface area (Å²) in [6.07, 6.45) is 2.83. The third-order valence-electron chi connectivity index (χ3n) is 2.80. The molecule has 0 atom stereocenters. The Balaban J connectivity index is 2.29. The molecule has 0 aliphatic carbocycles. The molecule has 1 heterocycles. The van der Waals surface area contributed by atoms with Crippen LogP contribution < -0.4 is 5.63 Å². The number of carbonyl (C=O) groups excluding carboxylic acids is 1. The summed E-state index contributed by atoms with van der Waals surface area (Å²) in [6.45, 7) is 3.49. The van der Waals surface area contributed by atoms with Crippen LogP contribution in [-0.4, -0.2) is 10.9 Å². The van der Waals surface area contributed by atoms with Crippen LogP contribution in [0, 0.1) is 13.8 Å². The van der Waals surface area contributed by atoms with Gasteiger partial charge in [-0.15, -0.1) is 0 Å². The summed E-state index contributed by atoms with van der Waals surface area (Å²) in [5.74, 6) is -0.694. The molecule has 4 heteroatoms. The van der Waals surface area contributed by atoms with E-state index in [0.29, 0.717) is 0 Å². The largest absolute Gasteiger partial charge is 0.507 e. The van der Waals surface area contributed by atoms with Gasteiger partial charge in [0.2, 0.25) is 0 Å². The molecule has 0 fully saturated rings. The first-order chi connectivity index (χ1) is 9.47. The monoisotopic (exact) mass is 270 g/mol. The van der Waals surface area contributed by atoms with Gasteiger partial charge in [0.05, 0.1) is 0 Å². The molecule has 0 aliphatic rings. The van der Waals surface area contributed by atoms with Gasteiger partial charge in [-0.05, 0) is 25.5 Å². The third kappa shape index (κ3) is 3.03. The maximum atomic E-state index is 11.9. The zero-order valence-electron chi connectivity index (χ0n) is 11.2. The zero-order chi connectivity index (χ0) is 14.7. The number of benzene rings is 1. The van der Waals surface area contributed by atoms with Crippen LogP contribution in [0.2, 0.25) is 0 Å². The molecule has 20 heavy (non-hydrogen) atoms. The van der Waals surface area contributed by atoms with E-state index in [9.17, 15) is 14.7 Å². The van der Waals surface area contributed by atoms with E-state index in [1.807, 2.05) is 31.2 Å². The van der Waals surface area contributed by atoms with E-state index in [0.717, 1.165) is 11.1 Å². The van der Waals surface area contributed by atoms with Gasteiger partial charge in [-0.2, -0.15) is 0 Å². The second-order valence-corrected chi connectivity index (χ2v) is 4.51. The minimum atomic E-state index is -0.832. The lowest BCUT2D eigenvalue weighted by Gasteiger charge is -2.00. The van der Waals surface area contributed by atoms with E-state index >= 15 is 0 Å². The Morgan fingerprint density at radius 1 is 1.20 bits per heavy atom. The summed E-state index contributed by atoms with van der Waals surface area (Å²) in [4.78, 5) is 23.5. The summed E-state index contributed by atoms with van der Waals surface area (Å²) < 4.78 is 4.81. The number of rotatable bonds is 3. The van der Waals surface area contributed by atoms with Crippen molar-refractivity contribution in [1.82, 2.24) is 0 Å². The molecular formula is C16H14O4. The van der Waals surface area contributed by atoms with Crippen molar-refractivity contribution in [2.45, 2.75) is 13.8 Å². The molecule has 0 bridgehead atoms. The molecule has 1 aromatic heterocycles. The molecule has 0 unspecified atom stereocenters. The molecule has 2 aromatic rings. The Morgan fingerprint density at radius 2 is 1.85 bits per heavy atom. The van der Waals surface area contributed by atoms with Crippen LogP contribution in [0.4, 0.5) is 0 Å². The van der Waals surface area contributed by atoms with Crippen LogP contribution in [0.15, 0.2) is 45.6 Å². The lowest BCUT2D eigenvalue weighted by molar-refractivity contribution is 0.104. The number of ketones is 1. The molecule has 102 valence electrons. The maximum absolute atomic E-state index is 11.9. The topological polar surface area (TPSA) is 67.5 Å². The lowest BCUT2D eigenvalue weighted by Crippen LogP contribution is -2.12. The number of aromatic hydroxyl groups is 1. The average Bonchev–Trinajstić information content (AvgIpc) is 2.37. The molecule has 0 saturated heterocycles. The Bertz CT molecular complexity index is 721. The van der Waals surface area contributed by atoms with Gasteiger partial charge in [-0.3, -0.25) is 4.79 Å². The van der Waals surface area contributed by atoms with Gasteiger partial charge in [0.25, 0.3) is 0 Å². The van der Waals surface area contributed by atoms with Crippen molar-refractivity contribution in [3.63, 3.8) is 0 Å². The normalized spacial score (nSPS) is 10.9. The number of carbonyl (C=O) groups is 1. The smallest absolute Gasteiger partial charge is 0.351 e. The molecule has 4 nitrogen and oxygen atoms in total. The highest BCUT2D eigenvalue weighted by Crippen LogP contribution is 2.16. The van der Waals surface area contributed by atoms with Gasteiger partial charge >= 0.3 is 5.63 Å². The van der Waals surface area contributed by atoms with Crippen molar-refractivity contribution in [1.29, 1.82) is 0 Å². The van der Waals surface area contributed by atoms with Crippen LogP contribution >= 0.6 is 0 Å². The van der Waals surface area contributed by atoms with Crippen LogP contribution in [-0.2, 0) is 0 Å². The van der Waals surface area contributed by atoms with Gasteiger partial charge < -0.3 is 9.52 Å². The molecular weight excluding hydrogens is 256 g/mol. The van der Waals surface area contributed by atoms with Gasteiger partial charge in [-0.1, -0.05) is 35.9 Å². The van der Waals surface area contributed by atoms with Crippen molar-refractivity contribution < 1.29 is 14.3 Å².